The summed E-state index contributed by atoms with van der Waals surface area (Å²) >= 11 is 0. The Bertz CT molecular complexity index is 1710. The molecule has 1 unspecified atom stereocenters. The fourth-order valence-electron chi connectivity index (χ4n) is 6.89. The molecule has 8 nitrogen and oxygen atoms in total. The number of halogens is 3. The molecular formula is C34H36F3N7O. The first-order valence-electron chi connectivity index (χ1n) is 15.5. The normalized spacial score (nSPS) is 18.4. The van der Waals surface area contributed by atoms with E-state index in [1.54, 1.807) is 24.4 Å². The number of aromatic nitrogens is 3. The van der Waals surface area contributed by atoms with Gasteiger partial charge in [0.15, 0.2) is 17.4 Å². The summed E-state index contributed by atoms with van der Waals surface area (Å²) in [6.45, 7) is 2.46. The lowest BCUT2D eigenvalue weighted by molar-refractivity contribution is 0.249. The number of piperidine rings is 1. The standard InChI is InChI=1S/C34H36F3N7O/c1-42(2)23-10-13-43(14-11-23)30-9-8-22(19-25(30)35)40-34-39-20-27(37)32(41-34)21-17-26(36)33-31(18-21)44(15-16-45-33)29-7-3-6-28-24(29)5-4-12-38-28/h4-5,8-9,12,17-20,23,29H,3,6-7,10-11,13-16H2,1-2H3,(H,39,40,41). The third kappa shape index (κ3) is 5.77. The number of hydrogen-bond donors (Lipinski definition) is 1. The van der Waals surface area contributed by atoms with Gasteiger partial charge in [0.05, 0.1) is 30.2 Å². The SMILES string of the molecule is CN(C)C1CCN(c2ccc(Nc3ncc(F)c(-c4cc(F)c5c(c4)N(C4CCCc6ncccc64)CCO5)n3)cc2F)CC1. The van der Waals surface area contributed by atoms with E-state index in [1.165, 1.54) is 12.1 Å². The van der Waals surface area contributed by atoms with Crippen LogP contribution >= 0.6 is 0 Å². The van der Waals surface area contributed by atoms with Gasteiger partial charge in [0.25, 0.3) is 0 Å². The molecule has 0 amide bonds. The predicted octanol–water partition coefficient (Wildman–Crippen LogP) is 6.51. The highest BCUT2D eigenvalue weighted by atomic mass is 19.1. The van der Waals surface area contributed by atoms with Crippen molar-refractivity contribution >= 4 is 23.0 Å². The fourth-order valence-corrected chi connectivity index (χ4v) is 6.89. The van der Waals surface area contributed by atoms with Gasteiger partial charge in [-0.05, 0) is 88.2 Å². The first kappa shape index (κ1) is 29.3. The van der Waals surface area contributed by atoms with Crippen LogP contribution in [0.5, 0.6) is 5.75 Å². The van der Waals surface area contributed by atoms with Gasteiger partial charge in [-0.25, -0.2) is 23.1 Å². The molecule has 11 heteroatoms. The number of aryl methyl sites for hydroxylation is 1. The quantitative estimate of drug-likeness (QED) is 0.264. The van der Waals surface area contributed by atoms with E-state index in [-0.39, 0.29) is 34.8 Å². The first-order valence-corrected chi connectivity index (χ1v) is 15.5. The van der Waals surface area contributed by atoms with Crippen LogP contribution in [0.4, 0.5) is 36.2 Å². The second kappa shape index (κ2) is 12.2. The van der Waals surface area contributed by atoms with E-state index < -0.39 is 11.6 Å². The summed E-state index contributed by atoms with van der Waals surface area (Å²) < 4.78 is 51.7. The third-order valence-corrected chi connectivity index (χ3v) is 9.22. The topological polar surface area (TPSA) is 69.7 Å². The fraction of sp³-hybridized carbons (Fsp3) is 0.382. The summed E-state index contributed by atoms with van der Waals surface area (Å²) in [7, 11) is 4.15. The van der Waals surface area contributed by atoms with Crippen LogP contribution in [0, 0.1) is 17.5 Å². The zero-order valence-electron chi connectivity index (χ0n) is 25.4. The summed E-state index contributed by atoms with van der Waals surface area (Å²) in [6, 6.07) is 12.4. The van der Waals surface area contributed by atoms with Crippen LogP contribution in [-0.2, 0) is 6.42 Å². The van der Waals surface area contributed by atoms with Gasteiger partial charge in [0.2, 0.25) is 5.95 Å². The number of rotatable bonds is 6. The molecule has 2 aromatic heterocycles. The van der Waals surface area contributed by atoms with Gasteiger partial charge in [0.1, 0.15) is 18.1 Å². The minimum absolute atomic E-state index is 0.00411. The van der Waals surface area contributed by atoms with E-state index in [9.17, 15) is 0 Å². The Kier molecular flexibility index (Phi) is 7.95. The number of hydrogen-bond acceptors (Lipinski definition) is 8. The van der Waals surface area contributed by atoms with Gasteiger partial charge in [-0.1, -0.05) is 6.07 Å². The van der Waals surface area contributed by atoms with E-state index in [2.05, 4.69) is 55.1 Å². The molecule has 1 atom stereocenters. The average Bonchev–Trinajstić information content (AvgIpc) is 3.05. The summed E-state index contributed by atoms with van der Waals surface area (Å²) in [4.78, 5) is 19.5. The predicted molar refractivity (Wildman–Crippen MR) is 169 cm³/mol. The van der Waals surface area contributed by atoms with Crippen LogP contribution in [0.3, 0.4) is 0 Å². The first-order chi connectivity index (χ1) is 21.9. The largest absolute Gasteiger partial charge is 0.486 e. The summed E-state index contributed by atoms with van der Waals surface area (Å²) in [5.41, 5.74) is 3.90. The van der Waals surface area contributed by atoms with Crippen molar-refractivity contribution in [1.82, 2.24) is 19.9 Å². The molecule has 1 aliphatic carbocycles. The number of fused-ring (bicyclic) bond motifs is 2. The van der Waals surface area contributed by atoms with Gasteiger partial charge in [-0.3, -0.25) is 4.98 Å². The van der Waals surface area contributed by atoms with Gasteiger partial charge < -0.3 is 24.8 Å². The van der Waals surface area contributed by atoms with Gasteiger partial charge in [0, 0.05) is 42.3 Å². The molecule has 1 N–H and O–H groups in total. The molecule has 4 heterocycles. The van der Waals surface area contributed by atoms with Gasteiger partial charge >= 0.3 is 0 Å². The minimum Gasteiger partial charge on any atom is -0.486 e. The number of ether oxygens (including phenoxy) is 1. The van der Waals surface area contributed by atoms with Crippen LogP contribution in [-0.4, -0.2) is 66.2 Å². The molecule has 0 bridgehead atoms. The van der Waals surface area contributed by atoms with Crippen molar-refractivity contribution in [1.29, 1.82) is 0 Å². The highest BCUT2D eigenvalue weighted by Gasteiger charge is 2.32. The van der Waals surface area contributed by atoms with Crippen LogP contribution in [0.2, 0.25) is 0 Å². The average molecular weight is 616 g/mol. The Hall–Kier alpha value is -4.38. The minimum atomic E-state index is -0.696. The second-order valence-electron chi connectivity index (χ2n) is 12.2. The lowest BCUT2D eigenvalue weighted by Crippen LogP contribution is -2.42. The zero-order chi connectivity index (χ0) is 31.1. The molecule has 2 aromatic carbocycles. The molecule has 234 valence electrons. The van der Waals surface area contributed by atoms with Crippen molar-refractivity contribution in [2.75, 3.05) is 55.5 Å². The summed E-state index contributed by atoms with van der Waals surface area (Å²) in [5.74, 6) is -1.42. The molecule has 4 aromatic rings. The maximum Gasteiger partial charge on any atom is 0.227 e. The summed E-state index contributed by atoms with van der Waals surface area (Å²) in [5, 5.41) is 2.99. The molecular weight excluding hydrogens is 579 g/mol. The highest BCUT2D eigenvalue weighted by Crippen LogP contribution is 2.44. The van der Waals surface area contributed by atoms with Crippen molar-refractivity contribution in [2.24, 2.45) is 0 Å². The monoisotopic (exact) mass is 615 g/mol. The Morgan fingerprint density at radius 1 is 0.911 bits per heavy atom. The highest BCUT2D eigenvalue weighted by molar-refractivity contribution is 5.73. The number of benzene rings is 2. The molecule has 2 aliphatic heterocycles. The third-order valence-electron chi connectivity index (χ3n) is 9.22. The molecule has 45 heavy (non-hydrogen) atoms. The van der Waals surface area contributed by atoms with E-state index >= 15 is 13.2 Å². The van der Waals surface area contributed by atoms with Crippen LogP contribution in [0.25, 0.3) is 11.3 Å². The molecule has 0 spiro atoms. The number of anilines is 4. The number of pyridine rings is 1. The van der Waals surface area contributed by atoms with Crippen LogP contribution < -0.4 is 19.9 Å². The maximum absolute atomic E-state index is 15.5. The van der Waals surface area contributed by atoms with Crippen molar-refractivity contribution < 1.29 is 17.9 Å². The van der Waals surface area contributed by atoms with Crippen LogP contribution in [0.15, 0.2) is 54.9 Å². The smallest absolute Gasteiger partial charge is 0.227 e. The molecule has 1 fully saturated rings. The molecule has 1 saturated heterocycles. The Balaban J connectivity index is 1.15. The molecule has 3 aliphatic rings. The van der Waals surface area contributed by atoms with E-state index in [4.69, 9.17) is 4.74 Å². The Morgan fingerprint density at radius 2 is 1.76 bits per heavy atom. The maximum atomic E-state index is 15.5. The molecule has 0 radical (unpaired) electrons. The molecule has 0 saturated carbocycles. The van der Waals surface area contributed by atoms with Crippen molar-refractivity contribution in [2.45, 2.75) is 44.2 Å². The van der Waals surface area contributed by atoms with E-state index in [0.717, 1.165) is 62.6 Å². The van der Waals surface area contributed by atoms with Crippen molar-refractivity contribution in [3.8, 4) is 17.0 Å². The number of nitrogens with one attached hydrogen (secondary N) is 1. The summed E-state index contributed by atoms with van der Waals surface area (Å²) in [6.07, 6.45) is 7.54. The van der Waals surface area contributed by atoms with Crippen molar-refractivity contribution in [3.05, 3.63) is 83.6 Å². The Labute approximate surface area is 260 Å². The van der Waals surface area contributed by atoms with Gasteiger partial charge in [-0.15, -0.1) is 0 Å². The zero-order valence-corrected chi connectivity index (χ0v) is 25.4. The van der Waals surface area contributed by atoms with Crippen LogP contribution in [0.1, 0.15) is 43.0 Å². The lowest BCUT2D eigenvalue weighted by Gasteiger charge is -2.40. The van der Waals surface area contributed by atoms with Crippen molar-refractivity contribution in [3.63, 3.8) is 0 Å². The Morgan fingerprint density at radius 3 is 2.56 bits per heavy atom. The molecule has 7 rings (SSSR count). The lowest BCUT2D eigenvalue weighted by atomic mass is 9.89. The van der Waals surface area contributed by atoms with E-state index in [1.807, 2.05) is 6.07 Å². The van der Waals surface area contributed by atoms with Gasteiger partial charge in [-0.2, -0.15) is 0 Å². The number of nitrogens with zero attached hydrogens (tertiary/aromatic N) is 6. The van der Waals surface area contributed by atoms with E-state index in [0.29, 0.717) is 36.3 Å². The second-order valence-corrected chi connectivity index (χ2v) is 12.2.